The highest BCUT2D eigenvalue weighted by molar-refractivity contribution is 5.94. The fourth-order valence-corrected chi connectivity index (χ4v) is 2.79. The van der Waals surface area contributed by atoms with Crippen LogP contribution in [0.2, 0.25) is 0 Å². The van der Waals surface area contributed by atoms with Crippen LogP contribution in [0.1, 0.15) is 15.9 Å². The van der Waals surface area contributed by atoms with Gasteiger partial charge in [-0.1, -0.05) is 12.1 Å². The summed E-state index contributed by atoms with van der Waals surface area (Å²) >= 11 is 0. The maximum atomic E-state index is 12.5. The Morgan fingerprint density at radius 2 is 1.96 bits per heavy atom. The number of nitro groups is 1. The quantitative estimate of drug-likeness (QED) is 0.634. The first-order valence-corrected chi connectivity index (χ1v) is 7.78. The number of hydrogen-bond donors (Lipinski definition) is 0. The van der Waals surface area contributed by atoms with Crippen molar-refractivity contribution in [2.75, 3.05) is 26.2 Å². The van der Waals surface area contributed by atoms with Crippen molar-refractivity contribution in [3.8, 4) is 0 Å². The van der Waals surface area contributed by atoms with Crippen LogP contribution in [0.3, 0.4) is 0 Å². The Kier molecular flexibility index (Phi) is 4.81. The third-order valence-electron chi connectivity index (χ3n) is 4.09. The molecule has 2 aromatic rings. The molecule has 0 unspecified atom stereocenters. The first-order chi connectivity index (χ1) is 11.6. The summed E-state index contributed by atoms with van der Waals surface area (Å²) in [6.07, 6.45) is 3.60. The van der Waals surface area contributed by atoms with Crippen molar-refractivity contribution >= 4 is 11.6 Å². The van der Waals surface area contributed by atoms with Crippen molar-refractivity contribution in [2.24, 2.45) is 0 Å². The Balaban J connectivity index is 1.59. The number of carbonyl (C=O) groups excluding carboxylic acids is 1. The molecule has 3 rings (SSSR count). The van der Waals surface area contributed by atoms with E-state index in [0.29, 0.717) is 18.7 Å². The number of piperazine rings is 1. The van der Waals surface area contributed by atoms with Crippen LogP contribution in [0.4, 0.5) is 5.69 Å². The van der Waals surface area contributed by atoms with Gasteiger partial charge < -0.3 is 4.90 Å². The van der Waals surface area contributed by atoms with Crippen LogP contribution in [0.15, 0.2) is 48.8 Å². The van der Waals surface area contributed by atoms with E-state index >= 15 is 0 Å². The number of hydrogen-bond acceptors (Lipinski definition) is 5. The maximum Gasteiger partial charge on any atom is 0.270 e. The van der Waals surface area contributed by atoms with E-state index in [1.54, 1.807) is 23.2 Å². The van der Waals surface area contributed by atoms with Crippen molar-refractivity contribution in [2.45, 2.75) is 6.54 Å². The Morgan fingerprint density at radius 1 is 1.17 bits per heavy atom. The molecule has 0 N–H and O–H groups in total. The molecule has 0 aliphatic carbocycles. The van der Waals surface area contributed by atoms with Crippen molar-refractivity contribution in [3.05, 3.63) is 70.0 Å². The summed E-state index contributed by atoms with van der Waals surface area (Å²) < 4.78 is 0. The van der Waals surface area contributed by atoms with Gasteiger partial charge in [0.05, 0.1) is 4.92 Å². The van der Waals surface area contributed by atoms with Gasteiger partial charge in [0.25, 0.3) is 11.6 Å². The maximum absolute atomic E-state index is 12.5. The molecule has 1 aromatic heterocycles. The molecule has 0 saturated carbocycles. The molecule has 2 heterocycles. The molecule has 7 nitrogen and oxygen atoms in total. The van der Waals surface area contributed by atoms with Crippen LogP contribution in [0, 0.1) is 10.1 Å². The first kappa shape index (κ1) is 16.1. The molecule has 1 amide bonds. The number of non-ortho nitro benzene ring substituents is 1. The summed E-state index contributed by atoms with van der Waals surface area (Å²) in [6, 6.07) is 9.85. The lowest BCUT2D eigenvalue weighted by Crippen LogP contribution is -2.48. The van der Waals surface area contributed by atoms with Crippen LogP contribution in [-0.2, 0) is 6.54 Å². The fraction of sp³-hybridized carbons (Fsp3) is 0.294. The van der Waals surface area contributed by atoms with E-state index in [-0.39, 0.29) is 11.6 Å². The zero-order chi connectivity index (χ0) is 16.9. The van der Waals surface area contributed by atoms with E-state index < -0.39 is 4.92 Å². The number of benzene rings is 1. The molecular formula is C17H18N4O3. The second kappa shape index (κ2) is 7.18. The van der Waals surface area contributed by atoms with Gasteiger partial charge in [-0.2, -0.15) is 0 Å². The number of rotatable bonds is 4. The van der Waals surface area contributed by atoms with E-state index in [0.717, 1.165) is 25.2 Å². The van der Waals surface area contributed by atoms with Crippen molar-refractivity contribution in [1.82, 2.24) is 14.8 Å². The molecule has 0 bridgehead atoms. The smallest absolute Gasteiger partial charge is 0.270 e. The van der Waals surface area contributed by atoms with Gasteiger partial charge in [-0.05, 0) is 17.7 Å². The van der Waals surface area contributed by atoms with E-state index in [1.807, 2.05) is 18.3 Å². The Labute approximate surface area is 139 Å². The third-order valence-corrected chi connectivity index (χ3v) is 4.09. The Morgan fingerprint density at radius 3 is 2.62 bits per heavy atom. The summed E-state index contributed by atoms with van der Waals surface area (Å²) in [6.45, 7) is 3.58. The minimum absolute atomic E-state index is 0.0592. The number of aromatic nitrogens is 1. The highest BCUT2D eigenvalue weighted by atomic mass is 16.6. The highest BCUT2D eigenvalue weighted by Gasteiger charge is 2.23. The molecule has 1 fully saturated rings. The van der Waals surface area contributed by atoms with E-state index in [1.165, 1.54) is 12.1 Å². The third kappa shape index (κ3) is 3.75. The van der Waals surface area contributed by atoms with Crippen LogP contribution < -0.4 is 0 Å². The van der Waals surface area contributed by atoms with Gasteiger partial charge in [-0.15, -0.1) is 0 Å². The van der Waals surface area contributed by atoms with Gasteiger partial charge in [0.1, 0.15) is 0 Å². The largest absolute Gasteiger partial charge is 0.336 e. The summed E-state index contributed by atoms with van der Waals surface area (Å²) in [5, 5.41) is 10.8. The van der Waals surface area contributed by atoms with Crippen molar-refractivity contribution in [3.63, 3.8) is 0 Å². The molecule has 0 radical (unpaired) electrons. The van der Waals surface area contributed by atoms with Gasteiger partial charge in [-0.3, -0.25) is 24.8 Å². The van der Waals surface area contributed by atoms with Gasteiger partial charge in [0, 0.05) is 62.8 Å². The highest BCUT2D eigenvalue weighted by Crippen LogP contribution is 2.16. The van der Waals surface area contributed by atoms with Crippen LogP contribution in [0.5, 0.6) is 0 Å². The number of amides is 1. The summed E-state index contributed by atoms with van der Waals surface area (Å²) in [7, 11) is 0. The topological polar surface area (TPSA) is 79.6 Å². The zero-order valence-electron chi connectivity index (χ0n) is 13.2. The standard InChI is InChI=1S/C17H18N4O3/c22-17(15-4-1-5-16(11-15)21(23)24)20-9-7-19(8-10-20)13-14-3-2-6-18-12-14/h1-6,11-12H,7-10,13H2. The second-order valence-corrected chi connectivity index (χ2v) is 5.74. The number of nitrogens with zero attached hydrogens (tertiary/aromatic N) is 4. The van der Waals surface area contributed by atoms with E-state index in [9.17, 15) is 14.9 Å². The van der Waals surface area contributed by atoms with E-state index in [4.69, 9.17) is 0 Å². The summed E-state index contributed by atoms with van der Waals surface area (Å²) in [5.41, 5.74) is 1.46. The van der Waals surface area contributed by atoms with Crippen LogP contribution in [-0.4, -0.2) is 51.8 Å². The lowest BCUT2D eigenvalue weighted by Gasteiger charge is -2.34. The molecule has 7 heteroatoms. The molecule has 0 spiro atoms. The normalized spacial score (nSPS) is 15.2. The predicted octanol–water partition coefficient (Wildman–Crippen LogP) is 1.95. The lowest BCUT2D eigenvalue weighted by atomic mass is 10.1. The Bertz CT molecular complexity index is 728. The first-order valence-electron chi connectivity index (χ1n) is 7.78. The minimum atomic E-state index is -0.484. The van der Waals surface area contributed by atoms with Gasteiger partial charge in [-0.25, -0.2) is 0 Å². The molecule has 124 valence electrons. The van der Waals surface area contributed by atoms with Gasteiger partial charge >= 0.3 is 0 Å². The van der Waals surface area contributed by atoms with Crippen molar-refractivity contribution < 1.29 is 9.72 Å². The molecule has 1 aliphatic rings. The SMILES string of the molecule is O=C(c1cccc([N+](=O)[O-])c1)N1CCN(Cc2cccnc2)CC1. The number of pyridine rings is 1. The zero-order valence-corrected chi connectivity index (χ0v) is 13.2. The number of nitro benzene ring substituents is 1. The van der Waals surface area contributed by atoms with Crippen LogP contribution >= 0.6 is 0 Å². The summed E-state index contributed by atoms with van der Waals surface area (Å²) in [5.74, 6) is -0.153. The van der Waals surface area contributed by atoms with Crippen LogP contribution in [0.25, 0.3) is 0 Å². The molecular weight excluding hydrogens is 308 g/mol. The fourth-order valence-electron chi connectivity index (χ4n) is 2.79. The van der Waals surface area contributed by atoms with Gasteiger partial charge in [0.15, 0.2) is 0 Å². The second-order valence-electron chi connectivity index (χ2n) is 5.74. The molecule has 1 saturated heterocycles. The van der Waals surface area contributed by atoms with Crippen molar-refractivity contribution in [1.29, 1.82) is 0 Å². The number of carbonyl (C=O) groups is 1. The molecule has 0 atom stereocenters. The Hall–Kier alpha value is -2.80. The predicted molar refractivity (Wildman–Crippen MR) is 88.5 cm³/mol. The monoisotopic (exact) mass is 326 g/mol. The van der Waals surface area contributed by atoms with E-state index in [2.05, 4.69) is 9.88 Å². The average molecular weight is 326 g/mol. The lowest BCUT2D eigenvalue weighted by molar-refractivity contribution is -0.384. The average Bonchev–Trinajstić information content (AvgIpc) is 2.63. The molecule has 1 aromatic carbocycles. The minimum Gasteiger partial charge on any atom is -0.336 e. The van der Waals surface area contributed by atoms with Gasteiger partial charge in [0.2, 0.25) is 0 Å². The molecule has 1 aliphatic heterocycles. The molecule has 24 heavy (non-hydrogen) atoms. The summed E-state index contributed by atoms with van der Waals surface area (Å²) in [4.78, 5) is 31.0.